The third-order valence-corrected chi connectivity index (χ3v) is 14.4. The van der Waals surface area contributed by atoms with Gasteiger partial charge in [0.25, 0.3) is 14.1 Å². The predicted molar refractivity (Wildman–Crippen MR) is 161 cm³/mol. The lowest BCUT2D eigenvalue weighted by molar-refractivity contribution is -0.0321. The van der Waals surface area contributed by atoms with Crippen molar-refractivity contribution >= 4 is 27.9 Å². The quantitative estimate of drug-likeness (QED) is 0.171. The zero-order chi connectivity index (χ0) is 30.0. The Balaban J connectivity index is 2.12. The van der Waals surface area contributed by atoms with E-state index in [0.29, 0.717) is 23.3 Å². The number of nitriles is 1. The number of ether oxygens (including phenoxy) is 1. The van der Waals surface area contributed by atoms with E-state index in [-0.39, 0.29) is 41.8 Å². The number of hydrogen-bond donors (Lipinski definition) is 1. The van der Waals surface area contributed by atoms with Crippen molar-refractivity contribution in [3.05, 3.63) is 28.4 Å². The Labute approximate surface area is 241 Å². The maximum atomic E-state index is 12.7. The summed E-state index contributed by atoms with van der Waals surface area (Å²) in [5.74, 6) is 0.538. The van der Waals surface area contributed by atoms with Crippen molar-refractivity contribution < 1.29 is 18.2 Å². The summed E-state index contributed by atoms with van der Waals surface area (Å²) in [6.45, 7) is 23.7. The largest absolute Gasteiger partial charge is 0.407 e. The van der Waals surface area contributed by atoms with Gasteiger partial charge >= 0.3 is 0 Å². The molecule has 0 amide bonds. The van der Waals surface area contributed by atoms with Crippen molar-refractivity contribution in [1.29, 1.82) is 5.26 Å². The van der Waals surface area contributed by atoms with Gasteiger partial charge in [-0.3, -0.25) is 4.79 Å². The van der Waals surface area contributed by atoms with Gasteiger partial charge in [-0.15, -0.1) is 0 Å². The summed E-state index contributed by atoms with van der Waals surface area (Å²) in [5.41, 5.74) is 0.379. The molecule has 40 heavy (non-hydrogen) atoms. The molecule has 2 aromatic heterocycles. The number of nitrogens with zero attached hydrogens (tertiary/aromatic N) is 4. The van der Waals surface area contributed by atoms with E-state index >= 15 is 0 Å². The monoisotopic (exact) mass is 593 g/mol. The molecule has 0 aromatic carbocycles. The number of aromatic amines is 1. The first-order chi connectivity index (χ1) is 18.6. The lowest BCUT2D eigenvalue weighted by Crippen LogP contribution is -2.49. The number of fused-ring (bicyclic) bond motifs is 1. The summed E-state index contributed by atoms with van der Waals surface area (Å²) >= 11 is 0. The van der Waals surface area contributed by atoms with Crippen LogP contribution in [0.5, 0.6) is 0 Å². The van der Waals surface area contributed by atoms with Crippen molar-refractivity contribution in [2.45, 2.75) is 130 Å². The zero-order valence-electron chi connectivity index (χ0n) is 26.0. The minimum Gasteiger partial charge on any atom is -0.407 e. The molecule has 3 heterocycles. The minimum atomic E-state index is -2.30. The standard InChI is InChI=1S/C28H48N5O5PSi/c1-12-22-23(37-39(35-17-13-15-29)33(18(2)3)19(4)5)24(38-40(10,11)28(7,8)9)27(36-22)32-16-14-21-25(32)30-20(6)31-26(21)34/h14,16,18-19,22-24,27H,12-13,17H2,1-11H3,(H,30,31,34)/t22-,23?,24+,27-,39?/m1/s1. The molecule has 2 aromatic rings. The van der Waals surface area contributed by atoms with Gasteiger partial charge in [0.15, 0.2) is 14.5 Å². The highest BCUT2D eigenvalue weighted by Gasteiger charge is 2.52. The van der Waals surface area contributed by atoms with Gasteiger partial charge in [0.1, 0.15) is 23.7 Å². The van der Waals surface area contributed by atoms with Gasteiger partial charge < -0.3 is 27.8 Å². The van der Waals surface area contributed by atoms with Crippen LogP contribution in [0.1, 0.15) is 80.3 Å². The predicted octanol–water partition coefficient (Wildman–Crippen LogP) is 6.39. The van der Waals surface area contributed by atoms with Crippen LogP contribution in [0.2, 0.25) is 18.1 Å². The smallest absolute Gasteiger partial charge is 0.260 e. The van der Waals surface area contributed by atoms with E-state index in [2.05, 4.69) is 89.2 Å². The van der Waals surface area contributed by atoms with Crippen LogP contribution in [-0.2, 0) is 18.2 Å². The van der Waals surface area contributed by atoms with Crippen LogP contribution in [0, 0.1) is 18.3 Å². The summed E-state index contributed by atoms with van der Waals surface area (Å²) < 4.78 is 31.2. The molecule has 5 atom stereocenters. The van der Waals surface area contributed by atoms with Crippen molar-refractivity contribution in [2.75, 3.05) is 6.61 Å². The third-order valence-electron chi connectivity index (χ3n) is 7.77. The molecule has 1 aliphatic heterocycles. The first-order valence-electron chi connectivity index (χ1n) is 14.3. The molecule has 0 bridgehead atoms. The van der Waals surface area contributed by atoms with Crippen LogP contribution in [0.4, 0.5) is 0 Å². The molecule has 0 saturated carbocycles. The summed E-state index contributed by atoms with van der Waals surface area (Å²) in [6.07, 6.45) is 1.13. The normalized spacial score (nSPS) is 23.0. The summed E-state index contributed by atoms with van der Waals surface area (Å²) in [6, 6.07) is 4.28. The maximum Gasteiger partial charge on any atom is 0.260 e. The average molecular weight is 594 g/mol. The number of hydrogen-bond acceptors (Lipinski definition) is 8. The van der Waals surface area contributed by atoms with Gasteiger partial charge in [-0.05, 0) is 65.2 Å². The second kappa shape index (κ2) is 13.1. The highest BCUT2D eigenvalue weighted by molar-refractivity contribution is 7.44. The lowest BCUT2D eigenvalue weighted by atomic mass is 10.1. The number of H-pyrrole nitrogens is 1. The van der Waals surface area contributed by atoms with E-state index in [0.717, 1.165) is 0 Å². The Kier molecular flexibility index (Phi) is 10.8. The van der Waals surface area contributed by atoms with Crippen molar-refractivity contribution in [3.8, 4) is 6.07 Å². The molecule has 1 saturated heterocycles. The van der Waals surface area contributed by atoms with Crippen LogP contribution in [0.25, 0.3) is 11.0 Å². The number of aromatic nitrogens is 3. The van der Waals surface area contributed by atoms with Crippen LogP contribution < -0.4 is 5.56 Å². The lowest BCUT2D eigenvalue weighted by Gasteiger charge is -2.42. The molecule has 10 nitrogen and oxygen atoms in total. The number of aryl methyl sites for hydroxylation is 1. The Morgan fingerprint density at radius 2 is 1.90 bits per heavy atom. The topological polar surface area (TPSA) is 115 Å². The van der Waals surface area contributed by atoms with E-state index in [9.17, 15) is 4.79 Å². The molecular weight excluding hydrogens is 545 g/mol. The fourth-order valence-corrected chi connectivity index (χ4v) is 7.84. The molecule has 0 radical (unpaired) electrons. The molecule has 1 N–H and O–H groups in total. The molecule has 1 fully saturated rings. The van der Waals surface area contributed by atoms with E-state index in [1.165, 1.54) is 0 Å². The highest BCUT2D eigenvalue weighted by atomic mass is 31.2. The second-order valence-electron chi connectivity index (χ2n) is 12.5. The SMILES string of the molecule is CC[C@H]1O[C@@H](n2ccc3c(=O)[nH]c(C)nc32)[C@@H](O[Si](C)(C)C(C)(C)C)C1OP(OCCC#N)N(C(C)C)C(C)C. The van der Waals surface area contributed by atoms with Crippen LogP contribution in [-0.4, -0.2) is 64.5 Å². The van der Waals surface area contributed by atoms with Gasteiger partial charge in [0, 0.05) is 18.3 Å². The van der Waals surface area contributed by atoms with E-state index < -0.39 is 35.3 Å². The minimum absolute atomic E-state index is 0.0485. The summed E-state index contributed by atoms with van der Waals surface area (Å²) in [5, 5.41) is 9.62. The number of nitrogens with one attached hydrogen (secondary N) is 1. The molecular formula is C28H48N5O5PSi. The Bertz CT molecular complexity index is 1230. The number of rotatable bonds is 12. The molecule has 2 unspecified atom stereocenters. The fraction of sp³-hybridized carbons (Fsp3) is 0.750. The Morgan fingerprint density at radius 3 is 2.45 bits per heavy atom. The molecule has 3 rings (SSSR count). The summed E-state index contributed by atoms with van der Waals surface area (Å²) in [7, 11) is -3.82. The van der Waals surface area contributed by atoms with Gasteiger partial charge in [0.2, 0.25) is 0 Å². The van der Waals surface area contributed by atoms with Gasteiger partial charge in [-0.2, -0.15) is 5.26 Å². The third kappa shape index (κ3) is 7.04. The van der Waals surface area contributed by atoms with E-state index in [4.69, 9.17) is 23.5 Å². The van der Waals surface area contributed by atoms with Crippen LogP contribution in [0.15, 0.2) is 17.1 Å². The molecule has 0 aliphatic carbocycles. The Morgan fingerprint density at radius 1 is 1.25 bits per heavy atom. The van der Waals surface area contributed by atoms with E-state index in [1.54, 1.807) is 13.0 Å². The average Bonchev–Trinajstić information content (AvgIpc) is 3.39. The van der Waals surface area contributed by atoms with E-state index in [1.807, 2.05) is 10.8 Å². The highest BCUT2D eigenvalue weighted by Crippen LogP contribution is 2.52. The van der Waals surface area contributed by atoms with Crippen molar-refractivity contribution in [1.82, 2.24) is 19.2 Å². The molecule has 1 aliphatic rings. The molecule has 12 heteroatoms. The van der Waals surface area contributed by atoms with Crippen molar-refractivity contribution in [2.24, 2.45) is 0 Å². The van der Waals surface area contributed by atoms with Gasteiger partial charge in [-0.1, -0.05) is 27.7 Å². The maximum absolute atomic E-state index is 12.7. The first kappa shape index (κ1) is 32.9. The van der Waals surface area contributed by atoms with Crippen molar-refractivity contribution in [3.63, 3.8) is 0 Å². The Hall–Kier alpha value is -1.64. The summed E-state index contributed by atoms with van der Waals surface area (Å²) in [4.78, 5) is 20.1. The second-order valence-corrected chi connectivity index (χ2v) is 18.7. The van der Waals surface area contributed by atoms with Gasteiger partial charge in [0.05, 0.1) is 30.6 Å². The first-order valence-corrected chi connectivity index (χ1v) is 18.3. The van der Waals surface area contributed by atoms with Gasteiger partial charge in [-0.25, -0.2) is 9.65 Å². The van der Waals surface area contributed by atoms with Crippen LogP contribution >= 0.6 is 8.53 Å². The fourth-order valence-electron chi connectivity index (χ4n) is 4.79. The molecule has 224 valence electrons. The molecule has 0 spiro atoms. The van der Waals surface area contributed by atoms with Crippen LogP contribution in [0.3, 0.4) is 0 Å². The zero-order valence-corrected chi connectivity index (χ0v) is 27.9.